The van der Waals surface area contributed by atoms with Crippen molar-refractivity contribution in [3.8, 4) is 0 Å². The fourth-order valence-electron chi connectivity index (χ4n) is 2.62. The van der Waals surface area contributed by atoms with Crippen molar-refractivity contribution in [1.29, 1.82) is 0 Å². The van der Waals surface area contributed by atoms with Crippen molar-refractivity contribution in [3.05, 3.63) is 40.6 Å². The van der Waals surface area contributed by atoms with Gasteiger partial charge in [-0.25, -0.2) is 4.98 Å². The van der Waals surface area contributed by atoms with Gasteiger partial charge in [-0.2, -0.15) is 0 Å². The zero-order chi connectivity index (χ0) is 14.8. The van der Waals surface area contributed by atoms with E-state index in [4.69, 9.17) is 4.74 Å². The molecule has 1 saturated heterocycles. The zero-order valence-corrected chi connectivity index (χ0v) is 13.0. The van der Waals surface area contributed by atoms with Crippen LogP contribution in [0.2, 0.25) is 0 Å². The first-order chi connectivity index (χ1) is 10.2. The Labute approximate surface area is 128 Å². The molecule has 0 aromatic carbocycles. The first-order valence-corrected chi connectivity index (χ1v) is 7.97. The molecular formula is C15H19N3O2S. The van der Waals surface area contributed by atoms with Gasteiger partial charge < -0.3 is 14.6 Å². The molecule has 0 unspecified atom stereocenters. The first kappa shape index (κ1) is 14.3. The summed E-state index contributed by atoms with van der Waals surface area (Å²) >= 11 is 1.61. The third-order valence-corrected chi connectivity index (χ3v) is 4.95. The Morgan fingerprint density at radius 1 is 1.62 bits per heavy atom. The highest BCUT2D eigenvalue weighted by Gasteiger charge is 2.34. The van der Waals surface area contributed by atoms with Crippen LogP contribution in [0.15, 0.2) is 29.9 Å². The van der Waals surface area contributed by atoms with Crippen LogP contribution in [0, 0.1) is 0 Å². The minimum atomic E-state index is -0.163. The molecule has 0 radical (unpaired) electrons. The van der Waals surface area contributed by atoms with E-state index in [-0.39, 0.29) is 24.0 Å². The number of carbonyl (C=O) groups excluding carboxylic acids is 1. The van der Waals surface area contributed by atoms with E-state index in [1.54, 1.807) is 17.5 Å². The number of carbonyl (C=O) groups is 1. The molecule has 21 heavy (non-hydrogen) atoms. The maximum Gasteiger partial charge on any atom is 0.228 e. The van der Waals surface area contributed by atoms with Gasteiger partial charge in [0.2, 0.25) is 5.91 Å². The van der Waals surface area contributed by atoms with Crippen LogP contribution in [-0.2, 0) is 16.6 Å². The van der Waals surface area contributed by atoms with E-state index in [1.807, 2.05) is 42.2 Å². The van der Waals surface area contributed by atoms with Gasteiger partial charge in [0.15, 0.2) is 0 Å². The molecular weight excluding hydrogens is 286 g/mol. The van der Waals surface area contributed by atoms with E-state index < -0.39 is 0 Å². The zero-order valence-electron chi connectivity index (χ0n) is 12.2. The van der Waals surface area contributed by atoms with Crippen LogP contribution < -0.4 is 5.32 Å². The summed E-state index contributed by atoms with van der Waals surface area (Å²) in [7, 11) is 1.94. The van der Waals surface area contributed by atoms with Crippen molar-refractivity contribution in [3.63, 3.8) is 0 Å². The molecule has 0 aliphatic carbocycles. The predicted octanol–water partition coefficient (Wildman–Crippen LogP) is 2.23. The van der Waals surface area contributed by atoms with Crippen LogP contribution in [0.1, 0.15) is 36.1 Å². The summed E-state index contributed by atoms with van der Waals surface area (Å²) in [6.45, 7) is 2.59. The molecule has 5 nitrogen and oxygen atoms in total. The normalized spacial score (nSPS) is 23.1. The molecule has 0 spiro atoms. The predicted molar refractivity (Wildman–Crippen MR) is 81.2 cm³/mol. The van der Waals surface area contributed by atoms with Gasteiger partial charge in [-0.3, -0.25) is 4.79 Å². The van der Waals surface area contributed by atoms with Crippen LogP contribution >= 0.6 is 11.3 Å². The van der Waals surface area contributed by atoms with Gasteiger partial charge in [-0.05, 0) is 24.8 Å². The van der Waals surface area contributed by atoms with Gasteiger partial charge in [0.25, 0.3) is 0 Å². The molecule has 1 aliphatic rings. The van der Waals surface area contributed by atoms with Gasteiger partial charge >= 0.3 is 0 Å². The number of aromatic nitrogens is 2. The Hall–Kier alpha value is -1.66. The molecule has 1 aliphatic heterocycles. The number of thiophene rings is 1. The van der Waals surface area contributed by atoms with E-state index in [1.165, 1.54) is 0 Å². The number of imidazole rings is 1. The number of ether oxygens (including phenoxy) is 1. The molecule has 1 N–H and O–H groups in total. The highest BCUT2D eigenvalue weighted by molar-refractivity contribution is 7.10. The lowest BCUT2D eigenvalue weighted by Crippen LogP contribution is -2.39. The SMILES string of the molecule is C[C@@H](C(=O)N[C@H]1CCO[C@@H]1c1nccn1C)c1cccs1. The molecule has 3 heterocycles. The van der Waals surface area contributed by atoms with Crippen LogP contribution in [-0.4, -0.2) is 28.1 Å². The number of nitrogens with one attached hydrogen (secondary N) is 1. The van der Waals surface area contributed by atoms with Gasteiger partial charge in [-0.1, -0.05) is 6.07 Å². The molecule has 3 rings (SSSR count). The molecule has 2 aromatic heterocycles. The van der Waals surface area contributed by atoms with Crippen LogP contribution in [0.25, 0.3) is 0 Å². The van der Waals surface area contributed by atoms with E-state index in [2.05, 4.69) is 10.3 Å². The summed E-state index contributed by atoms with van der Waals surface area (Å²) < 4.78 is 7.71. The van der Waals surface area contributed by atoms with E-state index in [0.29, 0.717) is 6.61 Å². The summed E-state index contributed by atoms with van der Waals surface area (Å²) in [5, 5.41) is 5.12. The fraction of sp³-hybridized carbons (Fsp3) is 0.467. The summed E-state index contributed by atoms with van der Waals surface area (Å²) in [4.78, 5) is 17.8. The lowest BCUT2D eigenvalue weighted by atomic mass is 10.1. The molecule has 1 fully saturated rings. The van der Waals surface area contributed by atoms with Crippen molar-refractivity contribution in [1.82, 2.24) is 14.9 Å². The van der Waals surface area contributed by atoms with Crippen LogP contribution in [0.4, 0.5) is 0 Å². The van der Waals surface area contributed by atoms with Crippen molar-refractivity contribution < 1.29 is 9.53 Å². The third-order valence-electron chi connectivity index (χ3n) is 3.90. The van der Waals surface area contributed by atoms with Gasteiger partial charge in [0.1, 0.15) is 11.9 Å². The van der Waals surface area contributed by atoms with E-state index in [0.717, 1.165) is 17.1 Å². The van der Waals surface area contributed by atoms with Crippen LogP contribution in [0.3, 0.4) is 0 Å². The minimum Gasteiger partial charge on any atom is -0.368 e. The highest BCUT2D eigenvalue weighted by Crippen LogP contribution is 2.29. The Morgan fingerprint density at radius 3 is 3.14 bits per heavy atom. The van der Waals surface area contributed by atoms with Crippen LogP contribution in [0.5, 0.6) is 0 Å². The molecule has 1 amide bonds. The van der Waals surface area contributed by atoms with Crippen molar-refractivity contribution in [2.75, 3.05) is 6.61 Å². The van der Waals surface area contributed by atoms with Gasteiger partial charge in [0, 0.05) is 30.9 Å². The lowest BCUT2D eigenvalue weighted by molar-refractivity contribution is -0.123. The van der Waals surface area contributed by atoms with Crippen molar-refractivity contribution in [2.45, 2.75) is 31.4 Å². The molecule has 112 valence electrons. The van der Waals surface area contributed by atoms with Crippen molar-refractivity contribution in [2.24, 2.45) is 7.05 Å². The summed E-state index contributed by atoms with van der Waals surface area (Å²) in [5.41, 5.74) is 0. The monoisotopic (exact) mass is 305 g/mol. The topological polar surface area (TPSA) is 56.1 Å². The second-order valence-electron chi connectivity index (χ2n) is 5.33. The molecule has 2 aromatic rings. The number of hydrogen-bond donors (Lipinski definition) is 1. The molecule has 0 saturated carbocycles. The van der Waals surface area contributed by atoms with Gasteiger partial charge in [-0.15, -0.1) is 11.3 Å². The lowest BCUT2D eigenvalue weighted by Gasteiger charge is -2.21. The largest absolute Gasteiger partial charge is 0.368 e. The molecule has 3 atom stereocenters. The van der Waals surface area contributed by atoms with E-state index >= 15 is 0 Å². The first-order valence-electron chi connectivity index (χ1n) is 7.09. The number of hydrogen-bond acceptors (Lipinski definition) is 4. The molecule has 0 bridgehead atoms. The number of aryl methyl sites for hydroxylation is 1. The van der Waals surface area contributed by atoms with Crippen molar-refractivity contribution >= 4 is 17.2 Å². The number of rotatable bonds is 4. The van der Waals surface area contributed by atoms with E-state index in [9.17, 15) is 4.79 Å². The average molecular weight is 305 g/mol. The summed E-state index contributed by atoms with van der Waals surface area (Å²) in [5.74, 6) is 0.779. The summed E-state index contributed by atoms with van der Waals surface area (Å²) in [6, 6.07) is 3.95. The summed E-state index contributed by atoms with van der Waals surface area (Å²) in [6.07, 6.45) is 4.30. The Kier molecular flexibility index (Phi) is 4.07. The average Bonchev–Trinajstić information content (AvgIpc) is 3.18. The Bertz CT molecular complexity index is 608. The third kappa shape index (κ3) is 2.87. The Morgan fingerprint density at radius 2 is 2.48 bits per heavy atom. The smallest absolute Gasteiger partial charge is 0.228 e. The second kappa shape index (κ2) is 5.99. The minimum absolute atomic E-state index is 0.0130. The van der Waals surface area contributed by atoms with Gasteiger partial charge in [0.05, 0.1) is 12.0 Å². The number of amides is 1. The fourth-order valence-corrected chi connectivity index (χ4v) is 3.40. The number of nitrogens with zero attached hydrogens (tertiary/aromatic N) is 2. The highest BCUT2D eigenvalue weighted by atomic mass is 32.1. The maximum absolute atomic E-state index is 12.4. The molecule has 6 heteroatoms. The Balaban J connectivity index is 1.69. The second-order valence-corrected chi connectivity index (χ2v) is 6.31. The standard InChI is InChI=1S/C15H19N3O2S/c1-10(12-4-3-9-21-12)15(19)17-11-5-8-20-13(11)14-16-6-7-18(14)2/h3-4,6-7,9-11,13H,5,8H2,1-2H3,(H,17,19)/t10-,11+,13+/m1/s1. The quantitative estimate of drug-likeness (QED) is 0.942. The maximum atomic E-state index is 12.4.